The van der Waals surface area contributed by atoms with Crippen LogP contribution >= 0.6 is 0 Å². The van der Waals surface area contributed by atoms with Crippen molar-refractivity contribution in [2.45, 2.75) is 124 Å². The van der Waals surface area contributed by atoms with Crippen LogP contribution in [0, 0.1) is 0 Å². The Hall–Kier alpha value is -2.11. The van der Waals surface area contributed by atoms with Crippen LogP contribution in [0.15, 0.2) is 0 Å². The average Bonchev–Trinajstić information content (AvgIpc) is 2.81. The summed E-state index contributed by atoms with van der Waals surface area (Å²) < 4.78 is 12.0. The molecule has 1 aromatic rings. The molecule has 0 unspecified atom stereocenters. The molecular weight excluding hydrogens is 432 g/mol. The molecule has 0 aliphatic rings. The smallest absolute Gasteiger partial charge is 0.340 e. The molecule has 0 atom stereocenters. The van der Waals surface area contributed by atoms with Crippen LogP contribution in [-0.4, -0.2) is 34.5 Å². The van der Waals surface area contributed by atoms with E-state index in [-0.39, 0.29) is 17.1 Å². The number of hydrogen-bond donors (Lipinski definition) is 3. The van der Waals surface area contributed by atoms with E-state index in [1.54, 1.807) is 0 Å². The second-order valence-corrected chi connectivity index (χ2v) is 9.20. The number of carbonyl (C=O) groups is 1. The highest BCUT2D eigenvalue weighted by Crippen LogP contribution is 2.49. The number of aromatic hydroxyl groups is 2. The minimum absolute atomic E-state index is 0.0763. The lowest BCUT2D eigenvalue weighted by Gasteiger charge is -2.21. The second-order valence-electron chi connectivity index (χ2n) is 9.20. The first kappa shape index (κ1) is 29.9. The third kappa shape index (κ3) is 10.4. The molecule has 6 heteroatoms. The number of unbranched alkanes of at least 4 members (excludes halogenated alkanes) is 12. The molecule has 6 nitrogen and oxygen atoms in total. The lowest BCUT2D eigenvalue weighted by atomic mass is 9.97. The van der Waals surface area contributed by atoms with Gasteiger partial charge >= 0.3 is 5.97 Å². The van der Waals surface area contributed by atoms with E-state index >= 15 is 0 Å². The third-order valence-corrected chi connectivity index (χ3v) is 6.19. The Morgan fingerprint density at radius 2 is 1.06 bits per heavy atom. The first-order valence-corrected chi connectivity index (χ1v) is 13.6. The molecule has 0 radical (unpaired) electrons. The highest BCUT2D eigenvalue weighted by atomic mass is 16.5. The number of hydrogen-bond acceptors (Lipinski definition) is 5. The fourth-order valence-electron chi connectivity index (χ4n) is 4.15. The van der Waals surface area contributed by atoms with Gasteiger partial charge in [0.05, 0.1) is 13.2 Å². The summed E-state index contributed by atoms with van der Waals surface area (Å²) in [4.78, 5) is 12.0. The quantitative estimate of drug-likeness (QED) is 0.122. The van der Waals surface area contributed by atoms with Gasteiger partial charge < -0.3 is 24.8 Å². The number of rotatable bonds is 21. The number of carboxylic acid groups (broad SMARTS) is 1. The molecule has 0 heterocycles. The van der Waals surface area contributed by atoms with Crippen molar-refractivity contribution in [2.24, 2.45) is 0 Å². The predicted octanol–water partition coefficient (Wildman–Crippen LogP) is 8.01. The second kappa shape index (κ2) is 18.2. The SMILES string of the molecule is CCCCCCCCCc1c(OCCCCCC)c(OCCCCCC)c(O)c(O)c1C(=O)O. The molecule has 0 fully saturated rings. The van der Waals surface area contributed by atoms with Crippen LogP contribution in [0.3, 0.4) is 0 Å². The monoisotopic (exact) mass is 480 g/mol. The molecule has 0 bridgehead atoms. The molecule has 0 aromatic heterocycles. The van der Waals surface area contributed by atoms with Gasteiger partial charge in [-0.1, -0.05) is 97.8 Å². The highest BCUT2D eigenvalue weighted by Gasteiger charge is 2.29. The minimum atomic E-state index is -1.27. The topological polar surface area (TPSA) is 96.2 Å². The minimum Gasteiger partial charge on any atom is -0.504 e. The fourth-order valence-corrected chi connectivity index (χ4v) is 4.15. The summed E-state index contributed by atoms with van der Waals surface area (Å²) in [5.41, 5.74) is 0.154. The molecule has 3 N–H and O–H groups in total. The Kier molecular flexibility index (Phi) is 16.1. The fraction of sp³-hybridized carbons (Fsp3) is 0.750. The summed E-state index contributed by atoms with van der Waals surface area (Å²) in [7, 11) is 0. The number of carboxylic acids is 1. The van der Waals surface area contributed by atoms with Crippen molar-refractivity contribution < 1.29 is 29.6 Å². The first-order valence-electron chi connectivity index (χ1n) is 13.6. The Labute approximate surface area is 206 Å². The van der Waals surface area contributed by atoms with Gasteiger partial charge in [-0.25, -0.2) is 4.79 Å². The zero-order valence-corrected chi connectivity index (χ0v) is 21.8. The third-order valence-electron chi connectivity index (χ3n) is 6.19. The van der Waals surface area contributed by atoms with E-state index in [0.29, 0.717) is 25.2 Å². The molecule has 0 aliphatic heterocycles. The van der Waals surface area contributed by atoms with Crippen molar-refractivity contribution in [3.05, 3.63) is 11.1 Å². The molecular formula is C28H48O6. The lowest BCUT2D eigenvalue weighted by molar-refractivity contribution is 0.0690. The van der Waals surface area contributed by atoms with Crippen molar-refractivity contribution >= 4 is 5.97 Å². The predicted molar refractivity (Wildman–Crippen MR) is 138 cm³/mol. The van der Waals surface area contributed by atoms with Crippen molar-refractivity contribution in [2.75, 3.05) is 13.2 Å². The van der Waals surface area contributed by atoms with Gasteiger partial charge in [-0.2, -0.15) is 0 Å². The van der Waals surface area contributed by atoms with Gasteiger partial charge in [-0.15, -0.1) is 0 Å². The Morgan fingerprint density at radius 1 is 0.618 bits per heavy atom. The summed E-state index contributed by atoms with van der Waals surface area (Å²) in [6, 6.07) is 0. The van der Waals surface area contributed by atoms with Crippen LogP contribution < -0.4 is 9.47 Å². The van der Waals surface area contributed by atoms with Crippen LogP contribution in [0.5, 0.6) is 23.0 Å². The van der Waals surface area contributed by atoms with Crippen LogP contribution in [0.1, 0.15) is 133 Å². The van der Waals surface area contributed by atoms with Crippen LogP contribution in [0.25, 0.3) is 0 Å². The molecule has 0 aliphatic carbocycles. The zero-order chi connectivity index (χ0) is 25.2. The number of phenols is 2. The van der Waals surface area contributed by atoms with Crippen molar-refractivity contribution in [1.82, 2.24) is 0 Å². The number of benzene rings is 1. The largest absolute Gasteiger partial charge is 0.504 e. The average molecular weight is 481 g/mol. The van der Waals surface area contributed by atoms with Gasteiger partial charge in [0.25, 0.3) is 0 Å². The Bertz CT molecular complexity index is 701. The molecule has 0 amide bonds. The summed E-state index contributed by atoms with van der Waals surface area (Å²) in [5, 5.41) is 31.1. The number of aromatic carboxylic acids is 1. The van der Waals surface area contributed by atoms with E-state index in [9.17, 15) is 20.1 Å². The normalized spacial score (nSPS) is 11.0. The van der Waals surface area contributed by atoms with Crippen molar-refractivity contribution in [3.63, 3.8) is 0 Å². The highest BCUT2D eigenvalue weighted by molar-refractivity contribution is 5.96. The Balaban J connectivity index is 3.11. The van der Waals surface area contributed by atoms with Gasteiger partial charge in [0.15, 0.2) is 11.5 Å². The maximum Gasteiger partial charge on any atom is 0.340 e. The van der Waals surface area contributed by atoms with E-state index in [1.165, 1.54) is 25.7 Å². The maximum absolute atomic E-state index is 12.0. The summed E-state index contributed by atoms with van der Waals surface area (Å²) in [6.07, 6.45) is 16.3. The lowest BCUT2D eigenvalue weighted by Crippen LogP contribution is -2.11. The van der Waals surface area contributed by atoms with E-state index in [2.05, 4.69) is 20.8 Å². The van der Waals surface area contributed by atoms with Crippen molar-refractivity contribution in [1.29, 1.82) is 0 Å². The zero-order valence-electron chi connectivity index (χ0n) is 21.8. The van der Waals surface area contributed by atoms with Gasteiger partial charge in [0.2, 0.25) is 11.5 Å². The number of phenolic OH excluding ortho intramolecular Hbond substituents is 1. The summed E-state index contributed by atoms with van der Waals surface area (Å²) >= 11 is 0. The van der Waals surface area contributed by atoms with Crippen LogP contribution in [-0.2, 0) is 6.42 Å². The van der Waals surface area contributed by atoms with Gasteiger partial charge in [-0.3, -0.25) is 0 Å². The van der Waals surface area contributed by atoms with E-state index < -0.39 is 17.5 Å². The molecule has 0 saturated heterocycles. The van der Waals surface area contributed by atoms with Crippen molar-refractivity contribution in [3.8, 4) is 23.0 Å². The van der Waals surface area contributed by atoms with Crippen LogP contribution in [0.2, 0.25) is 0 Å². The van der Waals surface area contributed by atoms with Crippen LogP contribution in [0.4, 0.5) is 0 Å². The molecule has 1 aromatic carbocycles. The van der Waals surface area contributed by atoms with Gasteiger partial charge in [-0.05, 0) is 25.7 Å². The Morgan fingerprint density at radius 3 is 1.56 bits per heavy atom. The van der Waals surface area contributed by atoms with Gasteiger partial charge in [0.1, 0.15) is 5.56 Å². The molecule has 0 spiro atoms. The van der Waals surface area contributed by atoms with E-state index in [1.807, 2.05) is 0 Å². The summed E-state index contributed by atoms with van der Waals surface area (Å²) in [5.74, 6) is -2.08. The standard InChI is InChI=1S/C28H48O6/c1-4-7-10-13-14-15-16-19-22-23(28(31)32)24(29)25(30)27(34-21-18-12-9-6-3)26(22)33-20-17-11-8-5-2/h29-30H,4-21H2,1-3H3,(H,31,32). The van der Waals surface area contributed by atoms with Gasteiger partial charge in [0, 0.05) is 5.56 Å². The molecule has 196 valence electrons. The molecule has 34 heavy (non-hydrogen) atoms. The van der Waals surface area contributed by atoms with E-state index in [4.69, 9.17) is 9.47 Å². The molecule has 0 saturated carbocycles. The summed E-state index contributed by atoms with van der Waals surface area (Å²) in [6.45, 7) is 7.26. The maximum atomic E-state index is 12.0. The number of ether oxygens (including phenoxy) is 2. The molecule has 1 rings (SSSR count). The van der Waals surface area contributed by atoms with E-state index in [0.717, 1.165) is 70.6 Å². The first-order chi connectivity index (χ1) is 16.5.